The maximum atomic E-state index is 12.6. The topological polar surface area (TPSA) is 159 Å². The number of aromatic hydroxyl groups is 1. The number of phenols is 1. The molecule has 0 aliphatic carbocycles. The Morgan fingerprint density at radius 1 is 1.23 bits per heavy atom. The summed E-state index contributed by atoms with van der Waals surface area (Å²) < 4.78 is 22.1. The molecule has 10 nitrogen and oxygen atoms in total. The first-order valence-corrected chi connectivity index (χ1v) is 9.77. The average Bonchev–Trinajstić information content (AvgIpc) is 3.16. The first kappa shape index (κ1) is 21.8. The molecule has 168 valence electrons. The van der Waals surface area contributed by atoms with E-state index in [1.807, 2.05) is 6.92 Å². The van der Waals surface area contributed by atoms with Crippen LogP contribution in [-0.2, 0) is 22.5 Å². The van der Waals surface area contributed by atoms with Crippen LogP contribution in [0.25, 0.3) is 11.0 Å². The number of fused-ring (bicyclic) bond motifs is 2. The van der Waals surface area contributed by atoms with Gasteiger partial charge in [0.25, 0.3) is 0 Å². The van der Waals surface area contributed by atoms with E-state index in [2.05, 4.69) is 6.58 Å². The number of aliphatic hydroxyl groups excluding tert-OH is 4. The van der Waals surface area contributed by atoms with E-state index in [-0.39, 0.29) is 35.2 Å². The van der Waals surface area contributed by atoms with Crippen LogP contribution in [0.1, 0.15) is 18.2 Å². The van der Waals surface area contributed by atoms with E-state index in [4.69, 9.17) is 18.6 Å². The highest BCUT2D eigenvalue weighted by molar-refractivity contribution is 5.87. The van der Waals surface area contributed by atoms with Crippen LogP contribution in [0.15, 0.2) is 33.5 Å². The maximum Gasteiger partial charge on any atom is 0.196 e. The van der Waals surface area contributed by atoms with Gasteiger partial charge in [-0.2, -0.15) is 0 Å². The molecular weight excluding hydrogens is 412 g/mol. The highest BCUT2D eigenvalue weighted by Gasteiger charge is 2.44. The number of ether oxygens (including phenoxy) is 3. The lowest BCUT2D eigenvalue weighted by Crippen LogP contribution is -2.59. The fraction of sp³-hybridized carbons (Fsp3) is 0.476. The number of benzene rings is 1. The van der Waals surface area contributed by atoms with E-state index >= 15 is 0 Å². The van der Waals surface area contributed by atoms with Gasteiger partial charge in [-0.25, -0.2) is 0 Å². The predicted octanol–water partition coefficient (Wildman–Crippen LogP) is -0.305. The summed E-state index contributed by atoms with van der Waals surface area (Å²) in [7, 11) is 0. The first-order chi connectivity index (χ1) is 14.7. The molecule has 0 radical (unpaired) electrons. The van der Waals surface area contributed by atoms with Gasteiger partial charge in [0.1, 0.15) is 65.4 Å². The van der Waals surface area contributed by atoms with E-state index in [0.29, 0.717) is 17.7 Å². The fourth-order valence-electron chi connectivity index (χ4n) is 3.77. The Morgan fingerprint density at radius 3 is 2.65 bits per heavy atom. The van der Waals surface area contributed by atoms with Crippen molar-refractivity contribution in [2.24, 2.45) is 0 Å². The van der Waals surface area contributed by atoms with Crippen LogP contribution in [0.5, 0.6) is 11.5 Å². The van der Waals surface area contributed by atoms with Crippen LogP contribution >= 0.6 is 0 Å². The van der Waals surface area contributed by atoms with Gasteiger partial charge < -0.3 is 44.2 Å². The van der Waals surface area contributed by atoms with Crippen LogP contribution < -0.4 is 10.2 Å². The second-order valence-corrected chi connectivity index (χ2v) is 7.82. The van der Waals surface area contributed by atoms with Gasteiger partial charge in [0.05, 0.1) is 6.61 Å². The minimum absolute atomic E-state index is 0.0151. The van der Waals surface area contributed by atoms with Gasteiger partial charge in [0, 0.05) is 24.1 Å². The van der Waals surface area contributed by atoms with Crippen molar-refractivity contribution in [3.05, 3.63) is 45.8 Å². The van der Waals surface area contributed by atoms with Crippen molar-refractivity contribution in [2.45, 2.75) is 56.8 Å². The van der Waals surface area contributed by atoms with E-state index in [0.717, 1.165) is 11.6 Å². The molecule has 2 aliphatic heterocycles. The minimum atomic E-state index is -1.59. The summed E-state index contributed by atoms with van der Waals surface area (Å²) in [5, 5.41) is 49.6. The zero-order valence-electron chi connectivity index (χ0n) is 16.7. The van der Waals surface area contributed by atoms with Gasteiger partial charge >= 0.3 is 0 Å². The van der Waals surface area contributed by atoms with Crippen LogP contribution in [0, 0.1) is 0 Å². The normalized spacial score (nSPS) is 30.2. The monoisotopic (exact) mass is 436 g/mol. The third-order valence-electron chi connectivity index (χ3n) is 5.55. The summed E-state index contributed by atoms with van der Waals surface area (Å²) in [6.45, 7) is 4.76. The molecule has 6 atom stereocenters. The zero-order chi connectivity index (χ0) is 22.4. The third-order valence-corrected chi connectivity index (χ3v) is 5.55. The summed E-state index contributed by atoms with van der Waals surface area (Å²) >= 11 is 0. The summed E-state index contributed by atoms with van der Waals surface area (Å²) in [6, 6.07) is 2.66. The molecule has 2 aromatic rings. The molecule has 0 saturated carbocycles. The van der Waals surface area contributed by atoms with E-state index in [1.165, 1.54) is 6.07 Å². The van der Waals surface area contributed by atoms with Gasteiger partial charge in [0.2, 0.25) is 0 Å². The molecule has 1 unspecified atom stereocenters. The first-order valence-electron chi connectivity index (χ1n) is 9.77. The molecule has 1 saturated heterocycles. The molecule has 0 spiro atoms. The Kier molecular flexibility index (Phi) is 5.77. The van der Waals surface area contributed by atoms with Gasteiger partial charge in [-0.1, -0.05) is 6.58 Å². The van der Waals surface area contributed by atoms with E-state index < -0.39 is 42.7 Å². The molecule has 3 heterocycles. The molecule has 31 heavy (non-hydrogen) atoms. The van der Waals surface area contributed by atoms with Crippen molar-refractivity contribution in [3.63, 3.8) is 0 Å². The summed E-state index contributed by atoms with van der Waals surface area (Å²) in [5.41, 5.74) is 0.900. The molecule has 2 aliphatic rings. The molecule has 0 amide bonds. The molecule has 1 fully saturated rings. The Morgan fingerprint density at radius 2 is 1.97 bits per heavy atom. The minimum Gasteiger partial charge on any atom is -0.507 e. The van der Waals surface area contributed by atoms with E-state index in [9.17, 15) is 30.3 Å². The molecule has 5 N–H and O–H groups in total. The SMILES string of the molecule is C=C(C)C1Cc2c(cc3oc(CO[C@@H]4O[C@H](CO)[C@@H](O)[C@H](O)[C@H]4O)cc(=O)c3c2O)O1. The van der Waals surface area contributed by atoms with Crippen molar-refractivity contribution in [3.8, 4) is 11.5 Å². The van der Waals surface area contributed by atoms with Crippen LogP contribution in [0.3, 0.4) is 0 Å². The smallest absolute Gasteiger partial charge is 0.196 e. The van der Waals surface area contributed by atoms with Gasteiger partial charge in [-0.15, -0.1) is 0 Å². The fourth-order valence-corrected chi connectivity index (χ4v) is 3.77. The Labute approximate surface area is 176 Å². The number of aliphatic hydroxyl groups is 4. The van der Waals surface area contributed by atoms with Gasteiger partial charge in [0.15, 0.2) is 11.7 Å². The zero-order valence-corrected chi connectivity index (χ0v) is 16.7. The van der Waals surface area contributed by atoms with Gasteiger partial charge in [-0.3, -0.25) is 4.79 Å². The number of phenolic OH excluding ortho intramolecular Hbond substituents is 1. The van der Waals surface area contributed by atoms with E-state index in [1.54, 1.807) is 0 Å². The lowest BCUT2D eigenvalue weighted by Gasteiger charge is -2.39. The van der Waals surface area contributed by atoms with Crippen LogP contribution in [0.4, 0.5) is 0 Å². The Balaban J connectivity index is 1.58. The molecule has 1 aromatic carbocycles. The molecule has 1 aromatic heterocycles. The maximum absolute atomic E-state index is 12.6. The standard InChI is InChI=1S/C21H24O10/c1-8(2)12-4-10-13(30-12)5-14-16(17(10)24)11(23)3-9(29-14)7-28-21-20(27)19(26)18(25)15(6-22)31-21/h3,5,12,15,18-22,24-27H,1,4,6-7H2,2H3/t12?,15-,18-,19+,20-,21-/m1/s1. The summed E-state index contributed by atoms with van der Waals surface area (Å²) in [5.74, 6) is 0.266. The van der Waals surface area contributed by atoms with Crippen molar-refractivity contribution >= 4 is 11.0 Å². The summed E-state index contributed by atoms with van der Waals surface area (Å²) in [4.78, 5) is 12.6. The summed E-state index contributed by atoms with van der Waals surface area (Å²) in [6.07, 6.45) is -7.07. The highest BCUT2D eigenvalue weighted by Crippen LogP contribution is 2.41. The molecular formula is C21H24O10. The third kappa shape index (κ3) is 3.82. The van der Waals surface area contributed by atoms with Crippen molar-refractivity contribution in [1.29, 1.82) is 0 Å². The second kappa shape index (κ2) is 8.23. The predicted molar refractivity (Wildman–Crippen MR) is 106 cm³/mol. The quantitative estimate of drug-likeness (QED) is 0.394. The average molecular weight is 436 g/mol. The van der Waals surface area contributed by atoms with Gasteiger partial charge in [-0.05, 0) is 12.5 Å². The number of rotatable bonds is 5. The van der Waals surface area contributed by atoms with Crippen molar-refractivity contribution < 1.29 is 44.2 Å². The molecule has 4 rings (SSSR count). The Hall–Kier alpha value is -2.47. The Bertz CT molecular complexity index is 1060. The molecule has 10 heteroatoms. The van der Waals surface area contributed by atoms with Crippen LogP contribution in [-0.4, -0.2) is 68.9 Å². The second-order valence-electron chi connectivity index (χ2n) is 7.82. The lowest BCUT2D eigenvalue weighted by atomic mass is 9.99. The molecule has 0 bridgehead atoms. The largest absolute Gasteiger partial charge is 0.507 e. The number of hydrogen-bond acceptors (Lipinski definition) is 10. The highest BCUT2D eigenvalue weighted by atomic mass is 16.7. The lowest BCUT2D eigenvalue weighted by molar-refractivity contribution is -0.304. The van der Waals surface area contributed by atoms with Crippen molar-refractivity contribution in [2.75, 3.05) is 6.61 Å². The van der Waals surface area contributed by atoms with Crippen LogP contribution in [0.2, 0.25) is 0 Å². The van der Waals surface area contributed by atoms with Crippen molar-refractivity contribution in [1.82, 2.24) is 0 Å². The number of hydrogen-bond donors (Lipinski definition) is 5.